The van der Waals surface area contributed by atoms with Crippen molar-refractivity contribution in [2.75, 3.05) is 25.0 Å². The number of anilines is 1. The Balaban J connectivity index is 1.66. The largest absolute Gasteiger partial charge is 0.325 e. The highest BCUT2D eigenvalue weighted by Gasteiger charge is 2.38. The first-order valence-electron chi connectivity index (χ1n) is 10.3. The van der Waals surface area contributed by atoms with E-state index >= 15 is 0 Å². The van der Waals surface area contributed by atoms with Crippen LogP contribution in [0.3, 0.4) is 0 Å². The monoisotopic (exact) mass is 458 g/mol. The smallest absolute Gasteiger partial charge is 0.325 e. The zero-order chi connectivity index (χ0) is 23.3. The zero-order valence-corrected chi connectivity index (χ0v) is 18.8. The average molecular weight is 459 g/mol. The second kappa shape index (κ2) is 9.92. The van der Waals surface area contributed by atoms with Crippen LogP contribution in [-0.2, 0) is 26.0 Å². The predicted molar refractivity (Wildman–Crippen MR) is 119 cm³/mol. The van der Waals surface area contributed by atoms with E-state index in [9.17, 15) is 22.8 Å². The lowest BCUT2D eigenvalue weighted by molar-refractivity contribution is -0.130. The number of hydrogen-bond donors (Lipinski definition) is 2. The molecular weight excluding hydrogens is 432 g/mol. The molecule has 9 nitrogen and oxygen atoms in total. The molecule has 2 N–H and O–H groups in total. The van der Waals surface area contributed by atoms with Crippen molar-refractivity contribution in [1.29, 1.82) is 0 Å². The van der Waals surface area contributed by atoms with Crippen molar-refractivity contribution in [3.8, 4) is 0 Å². The number of imide groups is 1. The summed E-state index contributed by atoms with van der Waals surface area (Å²) in [6.45, 7) is 3.67. The number of nitrogens with one attached hydrogen (secondary N) is 2. The maximum absolute atomic E-state index is 12.7. The van der Waals surface area contributed by atoms with Gasteiger partial charge in [0, 0.05) is 25.2 Å². The van der Waals surface area contributed by atoms with E-state index in [0.717, 1.165) is 10.5 Å². The molecule has 10 heteroatoms. The lowest BCUT2D eigenvalue weighted by Gasteiger charge is -2.19. The van der Waals surface area contributed by atoms with Crippen LogP contribution in [0, 0.1) is 0 Å². The molecule has 0 aliphatic carbocycles. The number of urea groups is 1. The first-order valence-corrected chi connectivity index (χ1v) is 11.8. The summed E-state index contributed by atoms with van der Waals surface area (Å²) in [6.07, 6.45) is 0.328. The Bertz CT molecular complexity index is 1100. The van der Waals surface area contributed by atoms with Gasteiger partial charge in [-0.25, -0.2) is 13.2 Å². The van der Waals surface area contributed by atoms with Gasteiger partial charge in [-0.2, -0.15) is 4.31 Å². The third kappa shape index (κ3) is 5.14. The van der Waals surface area contributed by atoms with E-state index in [0.29, 0.717) is 19.5 Å². The summed E-state index contributed by atoms with van der Waals surface area (Å²) in [5.74, 6) is -1.09. The highest BCUT2D eigenvalue weighted by Crippen LogP contribution is 2.20. The minimum atomic E-state index is -3.68. The summed E-state index contributed by atoms with van der Waals surface area (Å²) in [5.41, 5.74) is 1.15. The predicted octanol–water partition coefficient (Wildman–Crippen LogP) is 1.82. The summed E-state index contributed by atoms with van der Waals surface area (Å²) >= 11 is 0. The molecule has 1 fully saturated rings. The van der Waals surface area contributed by atoms with Crippen molar-refractivity contribution in [3.63, 3.8) is 0 Å². The van der Waals surface area contributed by atoms with E-state index in [1.807, 2.05) is 30.3 Å². The maximum atomic E-state index is 12.7. The van der Waals surface area contributed by atoms with Crippen LogP contribution in [0.2, 0.25) is 0 Å². The van der Waals surface area contributed by atoms with Gasteiger partial charge in [-0.1, -0.05) is 50.2 Å². The summed E-state index contributed by atoms with van der Waals surface area (Å²) in [5, 5.41) is 5.16. The summed E-state index contributed by atoms with van der Waals surface area (Å²) < 4.78 is 26.7. The first-order chi connectivity index (χ1) is 15.3. The molecule has 1 heterocycles. The number of rotatable bonds is 9. The van der Waals surface area contributed by atoms with Gasteiger partial charge in [0.25, 0.3) is 5.91 Å². The van der Waals surface area contributed by atoms with Gasteiger partial charge in [-0.15, -0.1) is 0 Å². The van der Waals surface area contributed by atoms with Crippen LogP contribution in [0.15, 0.2) is 59.5 Å². The van der Waals surface area contributed by atoms with Gasteiger partial charge in [0.15, 0.2) is 0 Å². The Morgan fingerprint density at radius 1 is 1.06 bits per heavy atom. The van der Waals surface area contributed by atoms with E-state index in [2.05, 4.69) is 10.6 Å². The molecule has 4 amide bonds. The van der Waals surface area contributed by atoms with Crippen molar-refractivity contribution in [2.45, 2.75) is 31.2 Å². The van der Waals surface area contributed by atoms with Gasteiger partial charge >= 0.3 is 6.03 Å². The number of amides is 4. The van der Waals surface area contributed by atoms with Crippen LogP contribution < -0.4 is 10.6 Å². The second-order valence-corrected chi connectivity index (χ2v) is 9.22. The van der Waals surface area contributed by atoms with Gasteiger partial charge in [0.05, 0.1) is 4.90 Å². The molecule has 0 bridgehead atoms. The quantitative estimate of drug-likeness (QED) is 0.556. The fourth-order valence-corrected chi connectivity index (χ4v) is 5.01. The molecule has 0 spiro atoms. The Morgan fingerprint density at radius 2 is 1.75 bits per heavy atom. The average Bonchev–Trinajstić information content (AvgIpc) is 3.02. The third-order valence-electron chi connectivity index (χ3n) is 5.15. The van der Waals surface area contributed by atoms with Crippen LogP contribution in [0.25, 0.3) is 0 Å². The molecule has 3 rings (SSSR count). The van der Waals surface area contributed by atoms with E-state index < -0.39 is 40.5 Å². The number of hydrogen-bond acceptors (Lipinski definition) is 5. The van der Waals surface area contributed by atoms with Crippen LogP contribution in [-0.4, -0.2) is 61.1 Å². The number of sulfonamides is 1. The van der Waals surface area contributed by atoms with Crippen molar-refractivity contribution in [1.82, 2.24) is 14.5 Å². The SMILES string of the molecule is CCN(CC)S(=O)(=O)c1cccc(NC(=O)CN2C(=O)NC(Cc3ccccc3)C2=O)c1. The van der Waals surface area contributed by atoms with E-state index in [-0.39, 0.29) is 10.6 Å². The van der Waals surface area contributed by atoms with Gasteiger partial charge < -0.3 is 10.6 Å². The summed E-state index contributed by atoms with van der Waals surface area (Å²) in [4.78, 5) is 38.2. The highest BCUT2D eigenvalue weighted by atomic mass is 32.2. The van der Waals surface area contributed by atoms with Crippen LogP contribution in [0.5, 0.6) is 0 Å². The van der Waals surface area contributed by atoms with Gasteiger partial charge in [0.1, 0.15) is 12.6 Å². The van der Waals surface area contributed by atoms with E-state index in [4.69, 9.17) is 0 Å². The molecule has 1 atom stereocenters. The number of carbonyl (C=O) groups excluding carboxylic acids is 3. The molecule has 0 radical (unpaired) electrons. The van der Waals surface area contributed by atoms with Crippen LogP contribution in [0.1, 0.15) is 19.4 Å². The molecule has 2 aromatic carbocycles. The van der Waals surface area contributed by atoms with Crippen molar-refractivity contribution in [2.24, 2.45) is 0 Å². The maximum Gasteiger partial charge on any atom is 0.325 e. The molecule has 1 aliphatic rings. The van der Waals surface area contributed by atoms with Gasteiger partial charge in [-0.05, 0) is 23.8 Å². The van der Waals surface area contributed by atoms with E-state index in [1.54, 1.807) is 19.9 Å². The molecule has 0 aromatic heterocycles. The molecule has 170 valence electrons. The minimum absolute atomic E-state index is 0.0527. The molecule has 1 saturated heterocycles. The molecule has 0 saturated carbocycles. The summed E-state index contributed by atoms with van der Waals surface area (Å²) in [7, 11) is -3.68. The number of benzene rings is 2. The first kappa shape index (κ1) is 23.4. The number of nitrogens with zero attached hydrogens (tertiary/aromatic N) is 2. The van der Waals surface area contributed by atoms with Gasteiger partial charge in [0.2, 0.25) is 15.9 Å². The number of carbonyl (C=O) groups is 3. The molecule has 2 aromatic rings. The topological polar surface area (TPSA) is 116 Å². The molecule has 1 unspecified atom stereocenters. The van der Waals surface area contributed by atoms with Crippen molar-refractivity contribution >= 4 is 33.6 Å². The Kier molecular flexibility index (Phi) is 7.26. The fourth-order valence-electron chi connectivity index (χ4n) is 3.51. The summed E-state index contributed by atoms with van der Waals surface area (Å²) in [6, 6.07) is 13.8. The normalized spacial score (nSPS) is 16.3. The van der Waals surface area contributed by atoms with Crippen molar-refractivity contribution < 1.29 is 22.8 Å². The molecular formula is C22H26N4O5S. The second-order valence-electron chi connectivity index (χ2n) is 7.28. The lowest BCUT2D eigenvalue weighted by Crippen LogP contribution is -2.38. The van der Waals surface area contributed by atoms with Crippen LogP contribution >= 0.6 is 0 Å². The highest BCUT2D eigenvalue weighted by molar-refractivity contribution is 7.89. The van der Waals surface area contributed by atoms with E-state index in [1.165, 1.54) is 22.5 Å². The fraction of sp³-hybridized carbons (Fsp3) is 0.318. The van der Waals surface area contributed by atoms with Crippen LogP contribution in [0.4, 0.5) is 10.5 Å². The Hall–Kier alpha value is -3.24. The molecule has 32 heavy (non-hydrogen) atoms. The minimum Gasteiger partial charge on any atom is -0.325 e. The third-order valence-corrected chi connectivity index (χ3v) is 7.20. The van der Waals surface area contributed by atoms with Crippen molar-refractivity contribution in [3.05, 3.63) is 60.2 Å². The Labute approximate surface area is 187 Å². The zero-order valence-electron chi connectivity index (χ0n) is 17.9. The standard InChI is InChI=1S/C22H26N4O5S/c1-3-25(4-2)32(30,31)18-12-8-11-17(14-18)23-20(27)15-26-21(28)19(24-22(26)29)13-16-9-6-5-7-10-16/h5-12,14,19H,3-4,13,15H2,1-2H3,(H,23,27)(H,24,29). The molecule has 1 aliphatic heterocycles. The van der Waals surface area contributed by atoms with Gasteiger partial charge in [-0.3, -0.25) is 14.5 Å². The lowest BCUT2D eigenvalue weighted by atomic mass is 10.1. The Morgan fingerprint density at radius 3 is 2.41 bits per heavy atom.